The molecular weight excluding hydrogens is 246 g/mol. The van der Waals surface area contributed by atoms with Crippen LogP contribution in [-0.2, 0) is 0 Å². The summed E-state index contributed by atoms with van der Waals surface area (Å²) in [6.07, 6.45) is 2.62. The number of rotatable bonds is 1. The molecular formula is C10H14BrNS. The maximum Gasteiger partial charge on any atom is 0.0418 e. The number of hydrogen-bond acceptors (Lipinski definition) is 2. The molecule has 0 radical (unpaired) electrons. The number of thiophene rings is 1. The van der Waals surface area contributed by atoms with Gasteiger partial charge in [0.25, 0.3) is 0 Å². The van der Waals surface area contributed by atoms with Gasteiger partial charge in [-0.1, -0.05) is 0 Å². The zero-order valence-corrected chi connectivity index (χ0v) is 10.4. The van der Waals surface area contributed by atoms with Crippen LogP contribution in [0.2, 0.25) is 0 Å². The third kappa shape index (κ3) is 1.69. The van der Waals surface area contributed by atoms with Crippen LogP contribution in [-0.4, -0.2) is 6.54 Å². The van der Waals surface area contributed by atoms with E-state index in [-0.39, 0.29) is 0 Å². The van der Waals surface area contributed by atoms with Crippen LogP contribution in [0.1, 0.15) is 34.2 Å². The lowest BCUT2D eigenvalue weighted by molar-refractivity contribution is 0.656. The number of halogens is 1. The molecule has 1 aromatic rings. The van der Waals surface area contributed by atoms with Crippen LogP contribution in [0.15, 0.2) is 4.47 Å². The van der Waals surface area contributed by atoms with E-state index in [9.17, 15) is 0 Å². The van der Waals surface area contributed by atoms with E-state index in [0.29, 0.717) is 6.04 Å². The van der Waals surface area contributed by atoms with Gasteiger partial charge >= 0.3 is 0 Å². The van der Waals surface area contributed by atoms with E-state index in [1.54, 1.807) is 0 Å². The van der Waals surface area contributed by atoms with E-state index in [0.717, 1.165) is 0 Å². The Kier molecular flexibility index (Phi) is 2.77. The Labute approximate surface area is 91.7 Å². The Hall–Kier alpha value is 0.140. The van der Waals surface area contributed by atoms with Gasteiger partial charge in [0, 0.05) is 20.3 Å². The smallest absolute Gasteiger partial charge is 0.0418 e. The van der Waals surface area contributed by atoms with Gasteiger partial charge in [0.05, 0.1) is 0 Å². The normalized spacial score (nSPS) is 22.5. The Morgan fingerprint density at radius 3 is 2.69 bits per heavy atom. The molecule has 2 heterocycles. The maximum absolute atomic E-state index is 3.63. The van der Waals surface area contributed by atoms with E-state index in [4.69, 9.17) is 0 Å². The fourth-order valence-corrected chi connectivity index (χ4v) is 3.66. The van der Waals surface area contributed by atoms with Crippen LogP contribution in [0.25, 0.3) is 0 Å². The lowest BCUT2D eigenvalue weighted by Gasteiger charge is -2.08. The molecule has 1 fully saturated rings. The predicted molar refractivity (Wildman–Crippen MR) is 61.5 cm³/mol. The van der Waals surface area contributed by atoms with E-state index >= 15 is 0 Å². The summed E-state index contributed by atoms with van der Waals surface area (Å²) in [6.45, 7) is 5.57. The third-order valence-corrected chi connectivity index (χ3v) is 5.42. The lowest BCUT2D eigenvalue weighted by Crippen LogP contribution is -2.12. The first-order valence-corrected chi connectivity index (χ1v) is 6.30. The quantitative estimate of drug-likeness (QED) is 0.814. The largest absolute Gasteiger partial charge is 0.309 e. The fourth-order valence-electron chi connectivity index (χ4n) is 1.90. The summed E-state index contributed by atoms with van der Waals surface area (Å²) in [5, 5.41) is 3.54. The second kappa shape index (κ2) is 3.71. The summed E-state index contributed by atoms with van der Waals surface area (Å²) in [5.41, 5.74) is 1.43. The summed E-state index contributed by atoms with van der Waals surface area (Å²) in [4.78, 5) is 2.93. The highest BCUT2D eigenvalue weighted by atomic mass is 79.9. The molecule has 1 aliphatic heterocycles. The van der Waals surface area contributed by atoms with Crippen molar-refractivity contribution in [3.8, 4) is 0 Å². The Morgan fingerprint density at radius 1 is 1.46 bits per heavy atom. The second-order valence-corrected chi connectivity index (χ2v) is 5.66. The molecule has 1 aliphatic rings. The monoisotopic (exact) mass is 259 g/mol. The molecule has 0 spiro atoms. The van der Waals surface area contributed by atoms with Crippen molar-refractivity contribution in [2.45, 2.75) is 32.7 Å². The van der Waals surface area contributed by atoms with Crippen LogP contribution < -0.4 is 5.32 Å². The van der Waals surface area contributed by atoms with Crippen LogP contribution in [0.4, 0.5) is 0 Å². The van der Waals surface area contributed by atoms with Gasteiger partial charge in [-0.05, 0) is 54.7 Å². The van der Waals surface area contributed by atoms with Crippen molar-refractivity contribution in [3.05, 3.63) is 19.8 Å². The highest BCUT2D eigenvalue weighted by molar-refractivity contribution is 9.10. The van der Waals surface area contributed by atoms with Gasteiger partial charge < -0.3 is 5.32 Å². The van der Waals surface area contributed by atoms with Crippen molar-refractivity contribution in [1.29, 1.82) is 0 Å². The summed E-state index contributed by atoms with van der Waals surface area (Å²) in [6, 6.07) is 0.620. The molecule has 1 saturated heterocycles. The summed E-state index contributed by atoms with van der Waals surface area (Å²) >= 11 is 5.56. The van der Waals surface area contributed by atoms with Crippen LogP contribution in [0.3, 0.4) is 0 Å². The van der Waals surface area contributed by atoms with Crippen molar-refractivity contribution in [2.75, 3.05) is 6.54 Å². The topological polar surface area (TPSA) is 12.0 Å². The minimum Gasteiger partial charge on any atom is -0.309 e. The highest BCUT2D eigenvalue weighted by Gasteiger charge is 2.21. The van der Waals surface area contributed by atoms with Crippen molar-refractivity contribution >= 4 is 27.3 Å². The Bertz CT molecular complexity index is 313. The molecule has 2 rings (SSSR count). The maximum atomic E-state index is 3.63. The van der Waals surface area contributed by atoms with Gasteiger partial charge in [-0.2, -0.15) is 0 Å². The SMILES string of the molecule is Cc1sc(C2CCCN2)c(C)c1Br. The van der Waals surface area contributed by atoms with Crippen LogP contribution >= 0.6 is 27.3 Å². The standard InChI is InChI=1S/C10H14BrNS/c1-6-9(11)7(2)13-10(6)8-4-3-5-12-8/h8,12H,3-5H2,1-2H3. The zero-order valence-electron chi connectivity index (χ0n) is 7.98. The Balaban J connectivity index is 2.34. The molecule has 1 unspecified atom stereocenters. The van der Waals surface area contributed by atoms with Gasteiger partial charge in [0.1, 0.15) is 0 Å². The number of hydrogen-bond donors (Lipinski definition) is 1. The molecule has 1 atom stereocenters. The van der Waals surface area contributed by atoms with Gasteiger partial charge in [-0.25, -0.2) is 0 Å². The molecule has 3 heteroatoms. The number of nitrogens with one attached hydrogen (secondary N) is 1. The molecule has 13 heavy (non-hydrogen) atoms. The average molecular weight is 260 g/mol. The van der Waals surface area contributed by atoms with E-state index < -0.39 is 0 Å². The predicted octanol–water partition coefficient (Wildman–Crippen LogP) is 3.55. The lowest BCUT2D eigenvalue weighted by atomic mass is 10.1. The van der Waals surface area contributed by atoms with Gasteiger partial charge in [0.2, 0.25) is 0 Å². The van der Waals surface area contributed by atoms with Crippen molar-refractivity contribution in [3.63, 3.8) is 0 Å². The molecule has 0 bridgehead atoms. The van der Waals surface area contributed by atoms with Crippen molar-refractivity contribution in [2.24, 2.45) is 0 Å². The first-order chi connectivity index (χ1) is 6.20. The summed E-state index contributed by atoms with van der Waals surface area (Å²) in [5.74, 6) is 0. The molecule has 72 valence electrons. The summed E-state index contributed by atoms with van der Waals surface area (Å²) < 4.78 is 1.31. The molecule has 1 N–H and O–H groups in total. The third-order valence-electron chi connectivity index (χ3n) is 2.65. The molecule has 1 nitrogen and oxygen atoms in total. The molecule has 0 aliphatic carbocycles. The zero-order chi connectivity index (χ0) is 9.42. The minimum atomic E-state index is 0.620. The van der Waals surface area contributed by atoms with E-state index in [2.05, 4.69) is 35.1 Å². The van der Waals surface area contributed by atoms with Crippen molar-refractivity contribution in [1.82, 2.24) is 5.32 Å². The van der Waals surface area contributed by atoms with Gasteiger partial charge in [-0.15, -0.1) is 11.3 Å². The average Bonchev–Trinajstić information content (AvgIpc) is 2.70. The van der Waals surface area contributed by atoms with Crippen molar-refractivity contribution < 1.29 is 0 Å². The minimum absolute atomic E-state index is 0.620. The highest BCUT2D eigenvalue weighted by Crippen LogP contribution is 2.38. The van der Waals surface area contributed by atoms with Gasteiger partial charge in [-0.3, -0.25) is 0 Å². The molecule has 1 aromatic heterocycles. The van der Waals surface area contributed by atoms with E-state index in [1.165, 1.54) is 39.2 Å². The molecule has 0 aromatic carbocycles. The molecule has 0 saturated carbocycles. The first kappa shape index (κ1) is 9.69. The van der Waals surface area contributed by atoms with Crippen LogP contribution in [0, 0.1) is 13.8 Å². The van der Waals surface area contributed by atoms with E-state index in [1.807, 2.05) is 11.3 Å². The number of aryl methyl sites for hydroxylation is 1. The van der Waals surface area contributed by atoms with Crippen LogP contribution in [0.5, 0.6) is 0 Å². The fraction of sp³-hybridized carbons (Fsp3) is 0.600. The second-order valence-electron chi connectivity index (χ2n) is 3.61. The Morgan fingerprint density at radius 2 is 2.23 bits per heavy atom. The van der Waals surface area contributed by atoms with Gasteiger partial charge in [0.15, 0.2) is 0 Å². The summed E-state index contributed by atoms with van der Waals surface area (Å²) in [7, 11) is 0. The first-order valence-electron chi connectivity index (χ1n) is 4.69. The molecule has 0 amide bonds.